The van der Waals surface area contributed by atoms with Crippen molar-refractivity contribution in [3.8, 4) is 0 Å². The Hall–Kier alpha value is -1.93. The summed E-state index contributed by atoms with van der Waals surface area (Å²) in [4.78, 5) is 16.4. The van der Waals surface area contributed by atoms with Crippen molar-refractivity contribution in [2.75, 3.05) is 30.0 Å². The average Bonchev–Trinajstić information content (AvgIpc) is 2.86. The summed E-state index contributed by atoms with van der Waals surface area (Å²) in [6.45, 7) is 1.49. The van der Waals surface area contributed by atoms with Crippen LogP contribution in [-0.4, -0.2) is 34.7 Å². The van der Waals surface area contributed by atoms with Crippen LogP contribution in [-0.2, 0) is 0 Å². The van der Waals surface area contributed by atoms with Gasteiger partial charge in [0.05, 0.1) is 17.1 Å². The molecule has 0 bridgehead atoms. The van der Waals surface area contributed by atoms with Crippen LogP contribution < -0.4 is 16.2 Å². The van der Waals surface area contributed by atoms with Crippen LogP contribution in [0.4, 0.5) is 17.3 Å². The zero-order valence-corrected chi connectivity index (χ0v) is 9.74. The molecule has 1 fully saturated rings. The van der Waals surface area contributed by atoms with Crippen molar-refractivity contribution in [3.05, 3.63) is 22.2 Å². The van der Waals surface area contributed by atoms with Crippen LogP contribution in [0.5, 0.6) is 0 Å². The van der Waals surface area contributed by atoms with E-state index >= 15 is 0 Å². The number of aliphatic hydroxyl groups excluding tert-OH is 1. The van der Waals surface area contributed by atoms with E-state index in [4.69, 9.17) is 10.9 Å². The van der Waals surface area contributed by atoms with Crippen LogP contribution in [0, 0.1) is 16.0 Å². The molecule has 1 aromatic heterocycles. The number of nitro groups is 1. The molecule has 0 saturated carbocycles. The highest BCUT2D eigenvalue weighted by Gasteiger charge is 2.24. The highest BCUT2D eigenvalue weighted by Crippen LogP contribution is 2.27. The first-order valence-corrected chi connectivity index (χ1v) is 5.63. The maximum Gasteiger partial charge on any atom is 0.276 e. The summed E-state index contributed by atoms with van der Waals surface area (Å²) in [5, 5.41) is 19.9. The highest BCUT2D eigenvalue weighted by atomic mass is 16.6. The Morgan fingerprint density at radius 2 is 2.44 bits per heavy atom. The second-order valence-electron chi connectivity index (χ2n) is 4.25. The molecule has 4 N–H and O–H groups in total. The monoisotopic (exact) mass is 253 g/mol. The summed E-state index contributed by atoms with van der Waals surface area (Å²) < 4.78 is 0. The van der Waals surface area contributed by atoms with Gasteiger partial charge in [0.2, 0.25) is 0 Å². The number of nitrogen functional groups attached to an aromatic ring is 1. The van der Waals surface area contributed by atoms with E-state index in [9.17, 15) is 10.1 Å². The van der Waals surface area contributed by atoms with Gasteiger partial charge in [-0.05, 0) is 6.42 Å². The van der Waals surface area contributed by atoms with E-state index in [-0.39, 0.29) is 24.0 Å². The Morgan fingerprint density at radius 1 is 1.67 bits per heavy atom. The average molecular weight is 253 g/mol. The zero-order valence-electron chi connectivity index (χ0n) is 9.74. The first kappa shape index (κ1) is 12.5. The van der Waals surface area contributed by atoms with Crippen molar-refractivity contribution in [3.63, 3.8) is 0 Å². The predicted octanol–water partition coefficient (Wildman–Crippen LogP) is 0.0940. The molecule has 0 amide bonds. The fourth-order valence-corrected chi connectivity index (χ4v) is 2.03. The summed E-state index contributed by atoms with van der Waals surface area (Å²) in [6, 6.07) is 2.70. The van der Waals surface area contributed by atoms with Gasteiger partial charge in [0.1, 0.15) is 11.6 Å². The maximum absolute atomic E-state index is 10.8. The van der Waals surface area contributed by atoms with Crippen molar-refractivity contribution in [2.24, 2.45) is 11.8 Å². The number of hydrazine groups is 1. The molecule has 0 aromatic carbocycles. The second kappa shape index (κ2) is 5.15. The number of aromatic nitrogens is 1. The molecule has 1 unspecified atom stereocenters. The van der Waals surface area contributed by atoms with Gasteiger partial charge in [-0.3, -0.25) is 10.1 Å². The molecular formula is C10H15N5O3. The Bertz CT molecular complexity index is 453. The van der Waals surface area contributed by atoms with Gasteiger partial charge in [0, 0.05) is 25.6 Å². The van der Waals surface area contributed by atoms with Crippen molar-refractivity contribution in [1.82, 2.24) is 4.98 Å². The molecule has 8 nitrogen and oxygen atoms in total. The molecule has 1 atom stereocenters. The Balaban J connectivity index is 2.27. The summed E-state index contributed by atoms with van der Waals surface area (Å²) >= 11 is 0. The number of nitrogens with one attached hydrogen (secondary N) is 1. The van der Waals surface area contributed by atoms with E-state index in [1.807, 2.05) is 4.90 Å². The number of nitrogens with two attached hydrogens (primary N) is 1. The lowest BCUT2D eigenvalue weighted by atomic mass is 10.1. The predicted molar refractivity (Wildman–Crippen MR) is 66.1 cm³/mol. The summed E-state index contributed by atoms with van der Waals surface area (Å²) in [6.07, 6.45) is 0.853. The third-order valence-electron chi connectivity index (χ3n) is 3.02. The highest BCUT2D eigenvalue weighted by molar-refractivity contribution is 5.55. The van der Waals surface area contributed by atoms with E-state index in [0.717, 1.165) is 13.0 Å². The fourth-order valence-electron chi connectivity index (χ4n) is 2.03. The molecule has 98 valence electrons. The SMILES string of the molecule is NNc1cc([N+](=O)[O-])cc(N2CCC(CO)C2)n1. The molecule has 8 heteroatoms. The van der Waals surface area contributed by atoms with Crippen LogP contribution in [0.25, 0.3) is 0 Å². The van der Waals surface area contributed by atoms with E-state index in [0.29, 0.717) is 12.4 Å². The first-order chi connectivity index (χ1) is 8.63. The maximum atomic E-state index is 10.8. The molecule has 1 aromatic rings. The van der Waals surface area contributed by atoms with Crippen LogP contribution in [0.1, 0.15) is 6.42 Å². The topological polar surface area (TPSA) is 118 Å². The van der Waals surface area contributed by atoms with Crippen molar-refractivity contribution in [1.29, 1.82) is 0 Å². The molecule has 1 aliphatic rings. The minimum Gasteiger partial charge on any atom is -0.396 e. The molecule has 0 spiro atoms. The summed E-state index contributed by atoms with van der Waals surface area (Å²) in [5.41, 5.74) is 2.26. The smallest absolute Gasteiger partial charge is 0.276 e. The van der Waals surface area contributed by atoms with E-state index in [1.165, 1.54) is 12.1 Å². The lowest BCUT2D eigenvalue weighted by Crippen LogP contribution is -2.22. The summed E-state index contributed by atoms with van der Waals surface area (Å²) in [5.74, 6) is 6.20. The molecular weight excluding hydrogens is 238 g/mol. The number of anilines is 2. The molecule has 2 heterocycles. The number of rotatable bonds is 4. The Morgan fingerprint density at radius 3 is 3.00 bits per heavy atom. The van der Waals surface area contributed by atoms with Gasteiger partial charge < -0.3 is 15.4 Å². The lowest BCUT2D eigenvalue weighted by molar-refractivity contribution is -0.384. The third kappa shape index (κ3) is 2.49. The second-order valence-corrected chi connectivity index (χ2v) is 4.25. The van der Waals surface area contributed by atoms with Gasteiger partial charge in [-0.2, -0.15) is 0 Å². The van der Waals surface area contributed by atoms with Gasteiger partial charge in [0.15, 0.2) is 0 Å². The minimum absolute atomic E-state index is 0.0552. The number of aliphatic hydroxyl groups is 1. The molecule has 0 radical (unpaired) electrons. The van der Waals surface area contributed by atoms with E-state index in [1.54, 1.807) is 0 Å². The zero-order chi connectivity index (χ0) is 13.1. The number of pyridine rings is 1. The van der Waals surface area contributed by atoms with Crippen LogP contribution in [0.3, 0.4) is 0 Å². The lowest BCUT2D eigenvalue weighted by Gasteiger charge is -2.17. The molecule has 1 saturated heterocycles. The van der Waals surface area contributed by atoms with Gasteiger partial charge in [-0.1, -0.05) is 0 Å². The van der Waals surface area contributed by atoms with Crippen LogP contribution >= 0.6 is 0 Å². The minimum atomic E-state index is -0.481. The molecule has 18 heavy (non-hydrogen) atoms. The standard InChI is InChI=1S/C10H15N5O3/c11-13-9-3-8(15(17)18)4-10(12-9)14-2-1-7(5-14)6-16/h3-4,7,16H,1-2,5-6,11H2,(H,12,13). The quantitative estimate of drug-likeness (QED) is 0.395. The first-order valence-electron chi connectivity index (χ1n) is 5.63. The fraction of sp³-hybridized carbons (Fsp3) is 0.500. The Labute approximate surface area is 104 Å². The van der Waals surface area contributed by atoms with Gasteiger partial charge in [-0.25, -0.2) is 10.8 Å². The van der Waals surface area contributed by atoms with E-state index in [2.05, 4.69) is 10.4 Å². The largest absolute Gasteiger partial charge is 0.396 e. The van der Waals surface area contributed by atoms with Crippen molar-refractivity contribution >= 4 is 17.3 Å². The third-order valence-corrected chi connectivity index (χ3v) is 3.02. The van der Waals surface area contributed by atoms with Gasteiger partial charge in [0.25, 0.3) is 5.69 Å². The van der Waals surface area contributed by atoms with E-state index < -0.39 is 4.92 Å². The van der Waals surface area contributed by atoms with Crippen molar-refractivity contribution < 1.29 is 10.0 Å². The number of hydrogen-bond acceptors (Lipinski definition) is 7. The summed E-state index contributed by atoms with van der Waals surface area (Å²) in [7, 11) is 0. The van der Waals surface area contributed by atoms with Gasteiger partial charge in [-0.15, -0.1) is 0 Å². The normalized spacial score (nSPS) is 19.0. The number of hydrogen-bond donors (Lipinski definition) is 3. The molecule has 2 rings (SSSR count). The number of nitrogens with zero attached hydrogens (tertiary/aromatic N) is 3. The molecule has 1 aliphatic heterocycles. The Kier molecular flexibility index (Phi) is 3.58. The van der Waals surface area contributed by atoms with Crippen LogP contribution in [0.2, 0.25) is 0 Å². The van der Waals surface area contributed by atoms with Gasteiger partial charge >= 0.3 is 0 Å². The molecule has 0 aliphatic carbocycles. The van der Waals surface area contributed by atoms with Crippen LogP contribution in [0.15, 0.2) is 12.1 Å². The van der Waals surface area contributed by atoms with Crippen molar-refractivity contribution in [2.45, 2.75) is 6.42 Å².